The molecule has 1 aromatic heterocycles. The summed E-state index contributed by atoms with van der Waals surface area (Å²) >= 11 is 3.44. The van der Waals surface area contributed by atoms with E-state index in [1.165, 1.54) is 0 Å². The topological polar surface area (TPSA) is 29.9 Å². The Labute approximate surface area is 84.9 Å². The van der Waals surface area contributed by atoms with E-state index in [0.29, 0.717) is 0 Å². The lowest BCUT2D eigenvalue weighted by Gasteiger charge is -1.99. The lowest BCUT2D eigenvalue weighted by molar-refractivity contribution is 0.952. The maximum atomic E-state index is 4.40. The van der Waals surface area contributed by atoms with E-state index in [1.54, 1.807) is 0 Å². The van der Waals surface area contributed by atoms with Crippen molar-refractivity contribution in [2.24, 2.45) is 7.05 Å². The number of anilines is 1. The summed E-state index contributed by atoms with van der Waals surface area (Å²) in [6.45, 7) is 0. The first-order valence-corrected chi connectivity index (χ1v) is 4.81. The number of nitrogens with zero attached hydrogens (tertiary/aromatic N) is 2. The second-order valence-electron chi connectivity index (χ2n) is 2.88. The molecule has 0 spiro atoms. The highest BCUT2D eigenvalue weighted by atomic mass is 79.9. The molecule has 1 aromatic carbocycles. The highest BCUT2D eigenvalue weighted by Gasteiger charge is 2.05. The van der Waals surface area contributed by atoms with Crippen LogP contribution in [-0.4, -0.2) is 16.6 Å². The zero-order valence-electron chi connectivity index (χ0n) is 7.50. The predicted octanol–water partition coefficient (Wildman–Crippen LogP) is 2.38. The number of aryl methyl sites for hydroxylation is 1. The third kappa shape index (κ3) is 1.31. The molecule has 3 nitrogen and oxygen atoms in total. The van der Waals surface area contributed by atoms with Gasteiger partial charge in [-0.2, -0.15) is 0 Å². The Balaban J connectivity index is 2.77. The molecule has 13 heavy (non-hydrogen) atoms. The molecule has 4 heteroatoms. The molecule has 0 bridgehead atoms. The van der Waals surface area contributed by atoms with Crippen molar-refractivity contribution in [3.63, 3.8) is 0 Å². The molecular formula is C9H10BrN3. The van der Waals surface area contributed by atoms with E-state index in [2.05, 4.69) is 32.3 Å². The molecule has 0 aliphatic carbocycles. The second kappa shape index (κ2) is 3.03. The summed E-state index contributed by atoms with van der Waals surface area (Å²) in [5, 5.41) is 3.04. The Morgan fingerprint density at radius 2 is 2.23 bits per heavy atom. The van der Waals surface area contributed by atoms with E-state index in [4.69, 9.17) is 0 Å². The van der Waals surface area contributed by atoms with Gasteiger partial charge in [-0.25, -0.2) is 4.98 Å². The molecule has 68 valence electrons. The van der Waals surface area contributed by atoms with Crippen molar-refractivity contribution < 1.29 is 0 Å². The zero-order chi connectivity index (χ0) is 9.42. The fourth-order valence-corrected chi connectivity index (χ4v) is 1.74. The molecule has 1 heterocycles. The van der Waals surface area contributed by atoms with Crippen LogP contribution in [0.5, 0.6) is 0 Å². The van der Waals surface area contributed by atoms with Crippen LogP contribution >= 0.6 is 15.9 Å². The average Bonchev–Trinajstić information content (AvgIpc) is 2.44. The first-order chi connectivity index (χ1) is 6.22. The van der Waals surface area contributed by atoms with Crippen LogP contribution < -0.4 is 5.32 Å². The van der Waals surface area contributed by atoms with Crippen LogP contribution in [0.3, 0.4) is 0 Å². The largest absolute Gasteiger partial charge is 0.359 e. The third-order valence-electron chi connectivity index (χ3n) is 2.07. The Morgan fingerprint density at radius 3 is 2.92 bits per heavy atom. The lowest BCUT2D eigenvalue weighted by atomic mass is 10.3. The molecule has 1 N–H and O–H groups in total. The van der Waals surface area contributed by atoms with Crippen molar-refractivity contribution in [1.29, 1.82) is 0 Å². The van der Waals surface area contributed by atoms with Crippen LogP contribution in [0.15, 0.2) is 22.7 Å². The van der Waals surface area contributed by atoms with E-state index >= 15 is 0 Å². The molecule has 2 aromatic rings. The summed E-state index contributed by atoms with van der Waals surface area (Å²) in [6.07, 6.45) is 0. The highest BCUT2D eigenvalue weighted by Crippen LogP contribution is 2.21. The minimum atomic E-state index is 0.883. The molecule has 0 amide bonds. The van der Waals surface area contributed by atoms with Gasteiger partial charge in [-0.3, -0.25) is 0 Å². The van der Waals surface area contributed by atoms with Gasteiger partial charge >= 0.3 is 0 Å². The fraction of sp³-hybridized carbons (Fsp3) is 0.222. The number of hydrogen-bond acceptors (Lipinski definition) is 2. The minimum Gasteiger partial charge on any atom is -0.359 e. The summed E-state index contributed by atoms with van der Waals surface area (Å²) in [5.41, 5.74) is 2.13. The van der Waals surface area contributed by atoms with Crippen LogP contribution in [0.25, 0.3) is 11.0 Å². The predicted molar refractivity (Wildman–Crippen MR) is 58.0 cm³/mol. The van der Waals surface area contributed by atoms with Crippen molar-refractivity contribution in [3.05, 3.63) is 22.7 Å². The minimum absolute atomic E-state index is 0.883. The number of hydrogen-bond donors (Lipinski definition) is 1. The van der Waals surface area contributed by atoms with E-state index in [9.17, 15) is 0 Å². The molecule has 0 radical (unpaired) electrons. The van der Waals surface area contributed by atoms with E-state index in [0.717, 1.165) is 21.5 Å². The van der Waals surface area contributed by atoms with Crippen LogP contribution in [0, 0.1) is 0 Å². The maximum absolute atomic E-state index is 4.40. The van der Waals surface area contributed by atoms with E-state index < -0.39 is 0 Å². The molecule has 0 atom stereocenters. The van der Waals surface area contributed by atoms with Gasteiger partial charge in [-0.1, -0.05) is 15.9 Å². The average molecular weight is 240 g/mol. The summed E-state index contributed by atoms with van der Waals surface area (Å²) in [5.74, 6) is 0.883. The number of aromatic nitrogens is 2. The molecule has 0 fully saturated rings. The molecule has 0 aliphatic rings. The smallest absolute Gasteiger partial charge is 0.203 e. The Hall–Kier alpha value is -1.03. The SMILES string of the molecule is CNc1nc2ccc(Br)cc2n1C. The van der Waals surface area contributed by atoms with Gasteiger partial charge in [-0.15, -0.1) is 0 Å². The van der Waals surface area contributed by atoms with Crippen LogP contribution in [0.2, 0.25) is 0 Å². The first kappa shape index (κ1) is 8.56. The van der Waals surface area contributed by atoms with Crippen molar-refractivity contribution >= 4 is 32.9 Å². The van der Waals surface area contributed by atoms with Gasteiger partial charge < -0.3 is 9.88 Å². The number of fused-ring (bicyclic) bond motifs is 1. The standard InChI is InChI=1S/C9H10BrN3/c1-11-9-12-7-4-3-6(10)5-8(7)13(9)2/h3-5H,1-2H3,(H,11,12). The summed E-state index contributed by atoms with van der Waals surface area (Å²) in [6, 6.07) is 6.05. The normalized spacial score (nSPS) is 10.7. The quantitative estimate of drug-likeness (QED) is 0.829. The first-order valence-electron chi connectivity index (χ1n) is 4.02. The molecule has 0 unspecified atom stereocenters. The third-order valence-corrected chi connectivity index (χ3v) is 2.56. The van der Waals surface area contributed by atoms with Crippen molar-refractivity contribution in [1.82, 2.24) is 9.55 Å². The van der Waals surface area contributed by atoms with Crippen LogP contribution in [0.4, 0.5) is 5.95 Å². The molecule has 0 aliphatic heterocycles. The molecule has 0 saturated carbocycles. The molecular weight excluding hydrogens is 230 g/mol. The van der Waals surface area contributed by atoms with Gasteiger partial charge in [-0.05, 0) is 18.2 Å². The van der Waals surface area contributed by atoms with Crippen molar-refractivity contribution in [3.8, 4) is 0 Å². The highest BCUT2D eigenvalue weighted by molar-refractivity contribution is 9.10. The number of nitrogens with one attached hydrogen (secondary N) is 1. The van der Waals surface area contributed by atoms with Gasteiger partial charge in [0.15, 0.2) is 0 Å². The van der Waals surface area contributed by atoms with Crippen LogP contribution in [-0.2, 0) is 7.05 Å². The summed E-state index contributed by atoms with van der Waals surface area (Å²) in [4.78, 5) is 4.40. The maximum Gasteiger partial charge on any atom is 0.203 e. The van der Waals surface area contributed by atoms with E-state index in [1.807, 2.05) is 30.8 Å². The van der Waals surface area contributed by atoms with Gasteiger partial charge in [0.1, 0.15) is 0 Å². The molecule has 0 saturated heterocycles. The van der Waals surface area contributed by atoms with Gasteiger partial charge in [0.05, 0.1) is 11.0 Å². The Bertz CT molecular complexity index is 447. The Morgan fingerprint density at radius 1 is 1.46 bits per heavy atom. The second-order valence-corrected chi connectivity index (χ2v) is 3.79. The van der Waals surface area contributed by atoms with Crippen molar-refractivity contribution in [2.45, 2.75) is 0 Å². The lowest BCUT2D eigenvalue weighted by Crippen LogP contribution is -1.97. The Kier molecular flexibility index (Phi) is 2.00. The number of imidazole rings is 1. The van der Waals surface area contributed by atoms with Gasteiger partial charge in [0, 0.05) is 18.6 Å². The monoisotopic (exact) mass is 239 g/mol. The van der Waals surface area contributed by atoms with Crippen molar-refractivity contribution in [2.75, 3.05) is 12.4 Å². The summed E-state index contributed by atoms with van der Waals surface area (Å²) in [7, 11) is 3.86. The van der Waals surface area contributed by atoms with E-state index in [-0.39, 0.29) is 0 Å². The summed E-state index contributed by atoms with van der Waals surface area (Å²) < 4.78 is 3.10. The number of halogens is 1. The van der Waals surface area contributed by atoms with Gasteiger partial charge in [0.25, 0.3) is 0 Å². The molecule has 2 rings (SSSR count). The fourth-order valence-electron chi connectivity index (χ4n) is 1.39. The van der Waals surface area contributed by atoms with Crippen LogP contribution in [0.1, 0.15) is 0 Å². The zero-order valence-corrected chi connectivity index (χ0v) is 9.09. The van der Waals surface area contributed by atoms with Gasteiger partial charge in [0.2, 0.25) is 5.95 Å². The number of benzene rings is 1. The number of rotatable bonds is 1.